The minimum absolute atomic E-state index is 0.218. The normalized spacial score (nSPS) is 12.9. The third-order valence-corrected chi connectivity index (χ3v) is 5.53. The highest BCUT2D eigenvalue weighted by atomic mass is 32.2. The monoisotopic (exact) mass is 341 g/mol. The molecule has 0 aliphatic rings. The summed E-state index contributed by atoms with van der Waals surface area (Å²) in [5, 5.41) is 2.22. The molecule has 124 valence electrons. The van der Waals surface area contributed by atoms with Crippen LogP contribution >= 0.6 is 0 Å². The van der Waals surface area contributed by atoms with E-state index in [4.69, 9.17) is 4.74 Å². The van der Waals surface area contributed by atoms with Gasteiger partial charge >= 0.3 is 0 Å². The van der Waals surface area contributed by atoms with Crippen molar-refractivity contribution in [3.8, 4) is 5.75 Å². The molecule has 1 atom stereocenters. The molecule has 1 N–H and O–H groups in total. The molecule has 0 saturated carbocycles. The van der Waals surface area contributed by atoms with Crippen molar-refractivity contribution in [1.29, 1.82) is 0 Å². The molecule has 0 aromatic heterocycles. The van der Waals surface area contributed by atoms with Gasteiger partial charge in [0.1, 0.15) is 5.75 Å². The summed E-state index contributed by atoms with van der Waals surface area (Å²) in [6.07, 6.45) is 0. The first-order valence-corrected chi connectivity index (χ1v) is 9.13. The molecular formula is C19H19NO3S. The number of sulfonamides is 1. The molecule has 0 radical (unpaired) electrons. The predicted molar refractivity (Wildman–Crippen MR) is 95.7 cm³/mol. The van der Waals surface area contributed by atoms with Crippen LogP contribution in [0, 0.1) is 0 Å². The molecule has 0 unspecified atom stereocenters. The molecule has 0 aliphatic heterocycles. The maximum atomic E-state index is 12.5. The van der Waals surface area contributed by atoms with Crippen molar-refractivity contribution in [3.63, 3.8) is 0 Å². The fourth-order valence-corrected chi connectivity index (χ4v) is 3.83. The van der Waals surface area contributed by atoms with Crippen molar-refractivity contribution >= 4 is 20.8 Å². The van der Waals surface area contributed by atoms with E-state index in [1.807, 2.05) is 49.4 Å². The summed E-state index contributed by atoms with van der Waals surface area (Å²) in [6.45, 7) is 1.84. The van der Waals surface area contributed by atoms with Gasteiger partial charge in [0.05, 0.1) is 12.0 Å². The Morgan fingerprint density at radius 3 is 2.25 bits per heavy atom. The second-order valence-electron chi connectivity index (χ2n) is 5.63. The molecule has 0 bridgehead atoms. The molecule has 5 heteroatoms. The standard InChI is InChI=1S/C19H19NO3S/c1-14(16-8-7-15-5-3-4-6-17(15)13-16)20-24(21,22)19-11-9-18(23-2)10-12-19/h3-14,20H,1-2H3/t14-/m0/s1. The fraction of sp³-hybridized carbons (Fsp3) is 0.158. The summed E-state index contributed by atoms with van der Waals surface area (Å²) in [7, 11) is -2.05. The van der Waals surface area contributed by atoms with Gasteiger partial charge in [-0.25, -0.2) is 13.1 Å². The van der Waals surface area contributed by atoms with Crippen LogP contribution in [0.3, 0.4) is 0 Å². The van der Waals surface area contributed by atoms with E-state index in [0.29, 0.717) is 5.75 Å². The Labute approximate surface area is 142 Å². The maximum Gasteiger partial charge on any atom is 0.241 e. The summed E-state index contributed by atoms with van der Waals surface area (Å²) in [6, 6.07) is 20.0. The smallest absolute Gasteiger partial charge is 0.241 e. The number of fused-ring (bicyclic) bond motifs is 1. The van der Waals surface area contributed by atoms with Gasteiger partial charge in [-0.1, -0.05) is 36.4 Å². The quantitative estimate of drug-likeness (QED) is 0.766. The first kappa shape index (κ1) is 16.5. The van der Waals surface area contributed by atoms with Gasteiger partial charge in [0.15, 0.2) is 0 Å². The van der Waals surface area contributed by atoms with Gasteiger partial charge in [-0.05, 0) is 53.6 Å². The topological polar surface area (TPSA) is 55.4 Å². The third-order valence-electron chi connectivity index (χ3n) is 3.98. The average molecular weight is 341 g/mol. The van der Waals surface area contributed by atoms with Crippen molar-refractivity contribution in [1.82, 2.24) is 4.72 Å². The highest BCUT2D eigenvalue weighted by Gasteiger charge is 2.18. The van der Waals surface area contributed by atoms with Crippen molar-refractivity contribution in [2.24, 2.45) is 0 Å². The van der Waals surface area contributed by atoms with Crippen LogP contribution < -0.4 is 9.46 Å². The lowest BCUT2D eigenvalue weighted by Crippen LogP contribution is -2.26. The lowest BCUT2D eigenvalue weighted by molar-refractivity contribution is 0.414. The molecule has 0 fully saturated rings. The Morgan fingerprint density at radius 2 is 1.58 bits per heavy atom. The van der Waals surface area contributed by atoms with E-state index in [1.54, 1.807) is 19.2 Å². The van der Waals surface area contributed by atoms with Gasteiger partial charge in [-0.2, -0.15) is 0 Å². The van der Waals surface area contributed by atoms with Crippen LogP contribution in [-0.2, 0) is 10.0 Å². The summed E-state index contributed by atoms with van der Waals surface area (Å²) in [5.74, 6) is 0.622. The van der Waals surface area contributed by atoms with Gasteiger partial charge < -0.3 is 4.74 Å². The van der Waals surface area contributed by atoms with Gasteiger partial charge in [0, 0.05) is 6.04 Å². The Hall–Kier alpha value is -2.37. The zero-order valence-electron chi connectivity index (χ0n) is 13.6. The molecule has 4 nitrogen and oxygen atoms in total. The van der Waals surface area contributed by atoms with Gasteiger partial charge in [-0.3, -0.25) is 0 Å². The third kappa shape index (κ3) is 3.42. The molecule has 0 amide bonds. The first-order valence-electron chi connectivity index (χ1n) is 7.65. The van der Waals surface area contributed by atoms with Gasteiger partial charge in [0.2, 0.25) is 10.0 Å². The molecule has 3 rings (SSSR count). The second-order valence-corrected chi connectivity index (χ2v) is 7.34. The highest BCUT2D eigenvalue weighted by molar-refractivity contribution is 7.89. The summed E-state index contributed by atoms with van der Waals surface area (Å²) >= 11 is 0. The lowest BCUT2D eigenvalue weighted by atomic mass is 10.0. The Balaban J connectivity index is 1.84. The largest absolute Gasteiger partial charge is 0.497 e. The van der Waals surface area contributed by atoms with E-state index in [1.165, 1.54) is 12.1 Å². The molecule has 0 spiro atoms. The van der Waals surface area contributed by atoms with E-state index in [0.717, 1.165) is 16.3 Å². The number of ether oxygens (including phenoxy) is 1. The molecule has 0 saturated heterocycles. The first-order chi connectivity index (χ1) is 11.5. The zero-order valence-corrected chi connectivity index (χ0v) is 14.4. The van der Waals surface area contributed by atoms with E-state index in [-0.39, 0.29) is 10.9 Å². The number of methoxy groups -OCH3 is 1. The van der Waals surface area contributed by atoms with Crippen LogP contribution in [0.25, 0.3) is 10.8 Å². The predicted octanol–water partition coefficient (Wildman–Crippen LogP) is 3.89. The van der Waals surface area contributed by atoms with Crippen LogP contribution in [-0.4, -0.2) is 15.5 Å². The van der Waals surface area contributed by atoms with Gasteiger partial charge in [0.25, 0.3) is 0 Å². The summed E-state index contributed by atoms with van der Waals surface area (Å²) < 4.78 is 32.8. The number of nitrogens with one attached hydrogen (secondary N) is 1. The van der Waals surface area contributed by atoms with Crippen LogP contribution in [0.5, 0.6) is 5.75 Å². The zero-order chi connectivity index (χ0) is 17.2. The van der Waals surface area contributed by atoms with Crippen molar-refractivity contribution in [2.75, 3.05) is 7.11 Å². The van der Waals surface area contributed by atoms with Gasteiger partial charge in [-0.15, -0.1) is 0 Å². The number of hydrogen-bond acceptors (Lipinski definition) is 3. The summed E-state index contributed by atoms with van der Waals surface area (Å²) in [5.41, 5.74) is 0.922. The van der Waals surface area contributed by atoms with E-state index >= 15 is 0 Å². The Kier molecular flexibility index (Phi) is 4.55. The number of benzene rings is 3. The van der Waals surface area contributed by atoms with Crippen molar-refractivity contribution in [2.45, 2.75) is 17.9 Å². The highest BCUT2D eigenvalue weighted by Crippen LogP contribution is 2.22. The number of hydrogen-bond donors (Lipinski definition) is 1. The average Bonchev–Trinajstić information content (AvgIpc) is 2.61. The molecule has 3 aromatic rings. The fourth-order valence-electron chi connectivity index (χ4n) is 2.60. The summed E-state index contributed by atoms with van der Waals surface area (Å²) in [4.78, 5) is 0.218. The van der Waals surface area contributed by atoms with Crippen molar-refractivity contribution < 1.29 is 13.2 Å². The van der Waals surface area contributed by atoms with E-state index in [2.05, 4.69) is 4.72 Å². The SMILES string of the molecule is COc1ccc(S(=O)(=O)N[C@@H](C)c2ccc3ccccc3c2)cc1. The lowest BCUT2D eigenvalue weighted by Gasteiger charge is -2.15. The van der Waals surface area contributed by atoms with Crippen LogP contribution in [0.2, 0.25) is 0 Å². The maximum absolute atomic E-state index is 12.5. The van der Waals surface area contributed by atoms with E-state index < -0.39 is 10.0 Å². The molecular weight excluding hydrogens is 322 g/mol. The van der Waals surface area contributed by atoms with Crippen molar-refractivity contribution in [3.05, 3.63) is 72.3 Å². The van der Waals surface area contributed by atoms with E-state index in [9.17, 15) is 8.42 Å². The Morgan fingerprint density at radius 1 is 0.917 bits per heavy atom. The second kappa shape index (κ2) is 6.63. The molecule has 24 heavy (non-hydrogen) atoms. The minimum atomic E-state index is -3.59. The van der Waals surface area contributed by atoms with Crippen LogP contribution in [0.15, 0.2) is 71.6 Å². The van der Waals surface area contributed by atoms with Crippen LogP contribution in [0.1, 0.15) is 18.5 Å². The molecule has 0 aliphatic carbocycles. The van der Waals surface area contributed by atoms with Crippen LogP contribution in [0.4, 0.5) is 0 Å². The molecule has 0 heterocycles. The molecule has 3 aromatic carbocycles. The Bertz CT molecular complexity index is 950. The number of rotatable bonds is 5. The minimum Gasteiger partial charge on any atom is -0.497 e.